The predicted octanol–water partition coefficient (Wildman–Crippen LogP) is 2.89. The molecule has 3 N–H and O–H groups in total. The Labute approximate surface area is 114 Å². The second-order valence-corrected chi connectivity index (χ2v) is 5.61. The lowest BCUT2D eigenvalue weighted by molar-refractivity contribution is -0.130. The van der Waals surface area contributed by atoms with Gasteiger partial charge in [0.25, 0.3) is 0 Å². The minimum Gasteiger partial charge on any atom is -0.349 e. The van der Waals surface area contributed by atoms with Gasteiger partial charge in [-0.15, -0.1) is 0 Å². The van der Waals surface area contributed by atoms with Crippen LogP contribution in [0.2, 0.25) is 5.02 Å². The van der Waals surface area contributed by atoms with Gasteiger partial charge in [-0.3, -0.25) is 4.79 Å². The molecule has 0 saturated carbocycles. The van der Waals surface area contributed by atoms with Crippen molar-refractivity contribution in [2.45, 2.75) is 33.2 Å². The standard InChI is InChI=1S/C14H21ClN2O/c1-10(11-5-4-6-12(15)9-11)17-13(18)14(2,3)7-8-16/h4-6,9-10H,7-8,16H2,1-3H3,(H,17,18)/t10-/m0/s1. The highest BCUT2D eigenvalue weighted by Gasteiger charge is 2.27. The van der Waals surface area contributed by atoms with Crippen LogP contribution in [0.3, 0.4) is 0 Å². The van der Waals surface area contributed by atoms with Crippen LogP contribution in [0.25, 0.3) is 0 Å². The van der Waals surface area contributed by atoms with Crippen molar-refractivity contribution >= 4 is 17.5 Å². The van der Waals surface area contributed by atoms with Crippen LogP contribution in [-0.4, -0.2) is 12.5 Å². The molecule has 0 heterocycles. The molecular weight excluding hydrogens is 248 g/mol. The Morgan fingerprint density at radius 3 is 2.72 bits per heavy atom. The van der Waals surface area contributed by atoms with E-state index in [1.165, 1.54) is 0 Å². The number of hydrogen-bond donors (Lipinski definition) is 2. The van der Waals surface area contributed by atoms with E-state index in [1.54, 1.807) is 0 Å². The van der Waals surface area contributed by atoms with E-state index in [-0.39, 0.29) is 11.9 Å². The molecular formula is C14H21ClN2O. The van der Waals surface area contributed by atoms with Crippen molar-refractivity contribution in [3.63, 3.8) is 0 Å². The summed E-state index contributed by atoms with van der Waals surface area (Å²) in [5.41, 5.74) is 6.07. The van der Waals surface area contributed by atoms with Crippen molar-refractivity contribution in [3.05, 3.63) is 34.9 Å². The summed E-state index contributed by atoms with van der Waals surface area (Å²) in [6.07, 6.45) is 0.668. The highest BCUT2D eigenvalue weighted by Crippen LogP contribution is 2.23. The van der Waals surface area contributed by atoms with Crippen LogP contribution in [0.4, 0.5) is 0 Å². The lowest BCUT2D eigenvalue weighted by Crippen LogP contribution is -2.39. The number of halogens is 1. The Hall–Kier alpha value is -1.06. The average Bonchev–Trinajstić information content (AvgIpc) is 2.28. The van der Waals surface area contributed by atoms with Gasteiger partial charge >= 0.3 is 0 Å². The number of benzene rings is 1. The van der Waals surface area contributed by atoms with Crippen LogP contribution >= 0.6 is 11.6 Å². The smallest absolute Gasteiger partial charge is 0.226 e. The first-order valence-electron chi connectivity index (χ1n) is 6.13. The van der Waals surface area contributed by atoms with Crippen LogP contribution in [0.5, 0.6) is 0 Å². The van der Waals surface area contributed by atoms with Crippen LogP contribution in [0, 0.1) is 5.41 Å². The number of nitrogens with one attached hydrogen (secondary N) is 1. The molecule has 3 nitrogen and oxygen atoms in total. The van der Waals surface area contributed by atoms with Gasteiger partial charge in [-0.1, -0.05) is 37.6 Å². The van der Waals surface area contributed by atoms with Gasteiger partial charge in [0.05, 0.1) is 6.04 Å². The van der Waals surface area contributed by atoms with E-state index in [1.807, 2.05) is 45.0 Å². The summed E-state index contributed by atoms with van der Waals surface area (Å²) in [5, 5.41) is 3.67. The normalized spacial score (nSPS) is 13.2. The van der Waals surface area contributed by atoms with E-state index in [2.05, 4.69) is 5.32 Å². The van der Waals surface area contributed by atoms with Gasteiger partial charge in [0.1, 0.15) is 0 Å². The minimum atomic E-state index is -0.443. The fourth-order valence-corrected chi connectivity index (χ4v) is 1.92. The third-order valence-corrected chi connectivity index (χ3v) is 3.32. The number of hydrogen-bond acceptors (Lipinski definition) is 2. The quantitative estimate of drug-likeness (QED) is 0.863. The molecule has 1 amide bonds. The first-order valence-corrected chi connectivity index (χ1v) is 6.51. The van der Waals surface area contributed by atoms with E-state index in [4.69, 9.17) is 17.3 Å². The summed E-state index contributed by atoms with van der Waals surface area (Å²) in [6.45, 7) is 6.26. The van der Waals surface area contributed by atoms with Crippen LogP contribution in [0.1, 0.15) is 38.8 Å². The molecule has 0 saturated heterocycles. The molecule has 1 rings (SSSR count). The zero-order chi connectivity index (χ0) is 13.8. The lowest BCUT2D eigenvalue weighted by Gasteiger charge is -2.25. The second kappa shape index (κ2) is 6.21. The Balaban J connectivity index is 2.70. The Bertz CT molecular complexity index is 418. The molecule has 0 fully saturated rings. The fourth-order valence-electron chi connectivity index (χ4n) is 1.73. The predicted molar refractivity (Wildman–Crippen MR) is 75.5 cm³/mol. The van der Waals surface area contributed by atoms with Gasteiger partial charge in [0.15, 0.2) is 0 Å². The van der Waals surface area contributed by atoms with Crippen LogP contribution in [0.15, 0.2) is 24.3 Å². The second-order valence-electron chi connectivity index (χ2n) is 5.17. The number of carbonyl (C=O) groups excluding carboxylic acids is 1. The molecule has 0 unspecified atom stereocenters. The van der Waals surface area contributed by atoms with Crippen molar-refractivity contribution in [2.24, 2.45) is 11.1 Å². The monoisotopic (exact) mass is 268 g/mol. The number of rotatable bonds is 5. The van der Waals surface area contributed by atoms with E-state index < -0.39 is 5.41 Å². The number of carbonyl (C=O) groups is 1. The zero-order valence-corrected chi connectivity index (χ0v) is 11.9. The van der Waals surface area contributed by atoms with E-state index >= 15 is 0 Å². The highest BCUT2D eigenvalue weighted by atomic mass is 35.5. The highest BCUT2D eigenvalue weighted by molar-refractivity contribution is 6.30. The molecule has 1 atom stereocenters. The molecule has 0 aliphatic heterocycles. The van der Waals surface area contributed by atoms with Crippen molar-refractivity contribution in [2.75, 3.05) is 6.54 Å². The molecule has 0 aromatic heterocycles. The van der Waals surface area contributed by atoms with Crippen molar-refractivity contribution < 1.29 is 4.79 Å². The van der Waals surface area contributed by atoms with Gasteiger partial charge in [-0.2, -0.15) is 0 Å². The maximum atomic E-state index is 12.1. The lowest BCUT2D eigenvalue weighted by atomic mass is 9.88. The van der Waals surface area contributed by atoms with Crippen molar-refractivity contribution in [3.8, 4) is 0 Å². The van der Waals surface area contributed by atoms with Gasteiger partial charge in [0, 0.05) is 10.4 Å². The third kappa shape index (κ3) is 4.00. The van der Waals surface area contributed by atoms with Crippen molar-refractivity contribution in [1.29, 1.82) is 0 Å². The van der Waals surface area contributed by atoms with E-state index in [0.29, 0.717) is 18.0 Å². The van der Waals surface area contributed by atoms with Crippen LogP contribution in [-0.2, 0) is 4.79 Å². The summed E-state index contributed by atoms with van der Waals surface area (Å²) >= 11 is 5.94. The first kappa shape index (κ1) is 15.0. The molecule has 0 aliphatic rings. The fraction of sp³-hybridized carbons (Fsp3) is 0.500. The van der Waals surface area contributed by atoms with Gasteiger partial charge in [0.2, 0.25) is 5.91 Å². The SMILES string of the molecule is C[C@H](NC(=O)C(C)(C)CCN)c1cccc(Cl)c1. The minimum absolute atomic E-state index is 0.0143. The molecule has 0 spiro atoms. The molecule has 1 aromatic rings. The molecule has 100 valence electrons. The van der Waals surface area contributed by atoms with Gasteiger partial charge < -0.3 is 11.1 Å². The summed E-state index contributed by atoms with van der Waals surface area (Å²) in [4.78, 5) is 12.1. The zero-order valence-electron chi connectivity index (χ0n) is 11.2. The molecule has 0 bridgehead atoms. The maximum Gasteiger partial charge on any atom is 0.226 e. The molecule has 0 radical (unpaired) electrons. The Morgan fingerprint density at radius 1 is 1.50 bits per heavy atom. The Morgan fingerprint density at radius 2 is 2.17 bits per heavy atom. The average molecular weight is 269 g/mol. The number of amides is 1. The van der Waals surface area contributed by atoms with Crippen molar-refractivity contribution in [1.82, 2.24) is 5.32 Å². The molecule has 0 aliphatic carbocycles. The number of nitrogens with two attached hydrogens (primary N) is 1. The van der Waals surface area contributed by atoms with E-state index in [0.717, 1.165) is 5.56 Å². The molecule has 4 heteroatoms. The summed E-state index contributed by atoms with van der Waals surface area (Å²) < 4.78 is 0. The van der Waals surface area contributed by atoms with Crippen LogP contribution < -0.4 is 11.1 Å². The van der Waals surface area contributed by atoms with Gasteiger partial charge in [-0.05, 0) is 37.6 Å². The third-order valence-electron chi connectivity index (χ3n) is 3.08. The molecule has 18 heavy (non-hydrogen) atoms. The topological polar surface area (TPSA) is 55.1 Å². The summed E-state index contributed by atoms with van der Waals surface area (Å²) in [6, 6.07) is 7.45. The van der Waals surface area contributed by atoms with E-state index in [9.17, 15) is 4.79 Å². The maximum absolute atomic E-state index is 12.1. The molecule has 1 aromatic carbocycles. The first-order chi connectivity index (χ1) is 8.36. The summed E-state index contributed by atoms with van der Waals surface area (Å²) in [5.74, 6) is 0.0143. The van der Waals surface area contributed by atoms with Gasteiger partial charge in [-0.25, -0.2) is 0 Å². The summed E-state index contributed by atoms with van der Waals surface area (Å²) in [7, 11) is 0. The largest absolute Gasteiger partial charge is 0.349 e. The Kier molecular flexibility index (Phi) is 5.17.